The lowest BCUT2D eigenvalue weighted by Crippen LogP contribution is -2.41. The fourth-order valence-corrected chi connectivity index (χ4v) is 5.30. The molecule has 0 aliphatic heterocycles. The number of nitrogen functional groups attached to an aromatic ring is 2. The van der Waals surface area contributed by atoms with E-state index in [0.717, 1.165) is 22.5 Å². The second-order valence-electron chi connectivity index (χ2n) is 7.23. The molecule has 0 saturated carbocycles. The molecule has 0 fully saturated rings. The Hall–Kier alpha value is -4.27. The number of pyridine rings is 1. The van der Waals surface area contributed by atoms with Crippen molar-refractivity contribution in [1.82, 2.24) is 10.3 Å². The summed E-state index contributed by atoms with van der Waals surface area (Å²) in [5.41, 5.74) is 14.5. The highest BCUT2D eigenvalue weighted by Crippen LogP contribution is 2.43. The molecule has 0 bridgehead atoms. The molecule has 1 aromatic carbocycles. The molecule has 0 amide bonds. The van der Waals surface area contributed by atoms with Crippen molar-refractivity contribution in [2.45, 2.75) is 6.92 Å². The minimum absolute atomic E-state index is 0.0438. The lowest BCUT2D eigenvalue weighted by atomic mass is 9.99. The van der Waals surface area contributed by atoms with E-state index in [1.54, 1.807) is 12.1 Å². The lowest BCUT2D eigenvalue weighted by Gasteiger charge is -2.07. The molecule has 4 heterocycles. The van der Waals surface area contributed by atoms with Crippen LogP contribution in [0.1, 0.15) is 26.5 Å². The summed E-state index contributed by atoms with van der Waals surface area (Å²) in [4.78, 5) is 30.8. The number of nitrogens with two attached hydrogens (primary N) is 2. The van der Waals surface area contributed by atoms with Crippen LogP contribution in [-0.2, 0) is 0 Å². The molecular formula is C22H15N6O3S2+. The molecule has 4 aromatic heterocycles. The summed E-state index contributed by atoms with van der Waals surface area (Å²) in [6.45, 7) is 1.93. The Bertz CT molecular complexity index is 1640. The number of carbonyl (C=O) groups excluding carboxylic acids is 1. The van der Waals surface area contributed by atoms with Gasteiger partial charge in [-0.1, -0.05) is 17.7 Å². The number of benzene rings is 1. The summed E-state index contributed by atoms with van der Waals surface area (Å²) in [5, 5.41) is 16.3. The van der Waals surface area contributed by atoms with Crippen LogP contribution < -0.4 is 21.8 Å². The third-order valence-electron chi connectivity index (χ3n) is 5.19. The number of anilines is 2. The predicted octanol–water partition coefficient (Wildman–Crippen LogP) is 3.16. The number of nitrogens with zero attached hydrogens (tertiary/aromatic N) is 3. The van der Waals surface area contributed by atoms with Gasteiger partial charge in [-0.15, -0.1) is 11.3 Å². The fourth-order valence-electron chi connectivity index (χ4n) is 3.60. The number of rotatable bonds is 4. The number of hydrogen-bond donors (Lipinski definition) is 3. The second kappa shape index (κ2) is 7.70. The van der Waals surface area contributed by atoms with Crippen LogP contribution in [0.15, 0.2) is 50.4 Å². The number of aryl methyl sites for hydroxylation is 1. The zero-order chi connectivity index (χ0) is 23.3. The van der Waals surface area contributed by atoms with E-state index in [9.17, 15) is 14.9 Å². The molecule has 5 rings (SSSR count). The molecular weight excluding hydrogens is 460 g/mol. The van der Waals surface area contributed by atoms with Gasteiger partial charge in [-0.25, -0.2) is 9.78 Å². The van der Waals surface area contributed by atoms with Gasteiger partial charge < -0.3 is 11.5 Å². The number of aromatic amines is 1. The minimum atomic E-state index is -0.833. The topological polar surface area (TPSA) is 156 Å². The van der Waals surface area contributed by atoms with Gasteiger partial charge in [-0.2, -0.15) is 16.6 Å². The Kier molecular flexibility index (Phi) is 4.81. The summed E-state index contributed by atoms with van der Waals surface area (Å²) in [5.74, 6) is -0.582. The lowest BCUT2D eigenvalue weighted by molar-refractivity contribution is -0.672. The first-order valence-corrected chi connectivity index (χ1v) is 11.4. The van der Waals surface area contributed by atoms with E-state index in [1.165, 1.54) is 16.0 Å². The normalized spacial score (nSPS) is 11.0. The van der Waals surface area contributed by atoms with Gasteiger partial charge in [0, 0.05) is 23.1 Å². The van der Waals surface area contributed by atoms with Crippen LogP contribution in [0, 0.1) is 18.3 Å². The highest BCUT2D eigenvalue weighted by molar-refractivity contribution is 7.21. The summed E-state index contributed by atoms with van der Waals surface area (Å²) in [7, 11) is 0. The molecule has 9 nitrogen and oxygen atoms in total. The number of nitriles is 1. The van der Waals surface area contributed by atoms with E-state index in [0.29, 0.717) is 21.5 Å². The zero-order valence-electron chi connectivity index (χ0n) is 17.1. The molecule has 33 heavy (non-hydrogen) atoms. The highest BCUT2D eigenvalue weighted by atomic mass is 32.1. The van der Waals surface area contributed by atoms with Crippen LogP contribution in [-0.4, -0.2) is 16.0 Å². The smallest absolute Gasteiger partial charge is 0.397 e. The maximum Gasteiger partial charge on any atom is 0.439 e. The van der Waals surface area contributed by atoms with Crippen molar-refractivity contribution in [1.29, 1.82) is 5.26 Å². The second-order valence-corrected chi connectivity index (χ2v) is 9.00. The van der Waals surface area contributed by atoms with Crippen LogP contribution >= 0.6 is 22.7 Å². The van der Waals surface area contributed by atoms with Crippen molar-refractivity contribution in [3.63, 3.8) is 0 Å². The average molecular weight is 476 g/mol. The van der Waals surface area contributed by atoms with Crippen LogP contribution in [0.5, 0.6) is 0 Å². The first kappa shape index (κ1) is 20.6. The van der Waals surface area contributed by atoms with Crippen molar-refractivity contribution in [3.8, 4) is 22.9 Å². The quantitative estimate of drug-likeness (QED) is 0.266. The Balaban J connectivity index is 1.74. The maximum absolute atomic E-state index is 13.5. The molecule has 0 atom stereocenters. The Morgan fingerprint density at radius 2 is 2.00 bits per heavy atom. The summed E-state index contributed by atoms with van der Waals surface area (Å²) >= 11 is 2.46. The van der Waals surface area contributed by atoms with E-state index in [-0.39, 0.29) is 27.6 Å². The van der Waals surface area contributed by atoms with Gasteiger partial charge in [-0.05, 0) is 39.3 Å². The minimum Gasteiger partial charge on any atom is -0.397 e. The molecule has 0 aliphatic carbocycles. The molecule has 0 saturated heterocycles. The molecule has 0 unspecified atom stereocenters. The summed E-state index contributed by atoms with van der Waals surface area (Å²) < 4.78 is 6.20. The van der Waals surface area contributed by atoms with Gasteiger partial charge in [0.15, 0.2) is 0 Å². The van der Waals surface area contributed by atoms with E-state index in [2.05, 4.69) is 16.3 Å². The molecule has 0 aliphatic rings. The highest BCUT2D eigenvalue weighted by Gasteiger charge is 2.35. The molecule has 11 heteroatoms. The fraction of sp³-hybridized carbons (Fsp3) is 0.0455. The Morgan fingerprint density at radius 3 is 2.67 bits per heavy atom. The molecule has 5 N–H and O–H groups in total. The number of ketones is 1. The SMILES string of the molecule is Cc1ccc(-[n+]2[nH]oc(=O)c2C(=O)c2sc3nc(N)c(C#N)c(-c4ccsc4)c3c2N)cc1. The average Bonchev–Trinajstić information content (AvgIpc) is 3.53. The van der Waals surface area contributed by atoms with E-state index >= 15 is 0 Å². The standard InChI is InChI=1S/C22H14N6O3S2/c1-10-2-4-12(5-3-10)28-17(22(30)31-27-28)18(29)19-16(24)15-14(11-6-7-32-9-11)13(8-23)20(25)26-21(15)33-19/h2-7,9H,1H3,(H4-,24,25,26,27,29,30)/p+1. The number of H-pyrrole nitrogens is 1. The number of fused-ring (bicyclic) bond motifs is 1. The van der Waals surface area contributed by atoms with E-state index in [1.807, 2.05) is 35.9 Å². The molecule has 162 valence electrons. The molecule has 0 radical (unpaired) electrons. The van der Waals surface area contributed by atoms with Crippen LogP contribution in [0.2, 0.25) is 0 Å². The number of thiophene rings is 2. The third-order valence-corrected chi connectivity index (χ3v) is 6.97. The van der Waals surface area contributed by atoms with Crippen molar-refractivity contribution in [3.05, 3.63) is 73.2 Å². The van der Waals surface area contributed by atoms with Gasteiger partial charge in [-0.3, -0.25) is 9.32 Å². The monoisotopic (exact) mass is 475 g/mol. The maximum atomic E-state index is 13.5. The van der Waals surface area contributed by atoms with Gasteiger partial charge in [0.1, 0.15) is 27.2 Å². The van der Waals surface area contributed by atoms with Crippen LogP contribution in [0.3, 0.4) is 0 Å². The van der Waals surface area contributed by atoms with Crippen molar-refractivity contribution in [2.24, 2.45) is 0 Å². The first-order valence-electron chi connectivity index (χ1n) is 9.60. The third kappa shape index (κ3) is 3.20. The molecule has 0 spiro atoms. The molecule has 5 aromatic rings. The van der Waals surface area contributed by atoms with Crippen molar-refractivity contribution < 1.29 is 14.0 Å². The first-order chi connectivity index (χ1) is 15.9. The van der Waals surface area contributed by atoms with Crippen LogP contribution in [0.4, 0.5) is 11.5 Å². The van der Waals surface area contributed by atoms with Gasteiger partial charge >= 0.3 is 11.3 Å². The van der Waals surface area contributed by atoms with Gasteiger partial charge in [0.25, 0.3) is 5.78 Å². The van der Waals surface area contributed by atoms with Crippen molar-refractivity contribution in [2.75, 3.05) is 11.5 Å². The Morgan fingerprint density at radius 1 is 1.24 bits per heavy atom. The Labute approximate surface area is 194 Å². The number of nitrogens with one attached hydrogen (secondary N) is 1. The van der Waals surface area contributed by atoms with E-state index in [4.69, 9.17) is 16.0 Å². The number of carbonyl (C=O) groups is 1. The number of hydrogen-bond acceptors (Lipinski definition) is 9. The van der Waals surface area contributed by atoms with Crippen LogP contribution in [0.25, 0.3) is 27.0 Å². The van der Waals surface area contributed by atoms with Crippen molar-refractivity contribution >= 4 is 50.2 Å². The summed E-state index contributed by atoms with van der Waals surface area (Å²) in [6, 6.07) is 11.1. The van der Waals surface area contributed by atoms with Gasteiger partial charge in [0.2, 0.25) is 5.69 Å². The van der Waals surface area contributed by atoms with E-state index < -0.39 is 11.4 Å². The van der Waals surface area contributed by atoms with Gasteiger partial charge in [0.05, 0.1) is 5.69 Å². The largest absolute Gasteiger partial charge is 0.439 e. The predicted molar refractivity (Wildman–Crippen MR) is 126 cm³/mol. The summed E-state index contributed by atoms with van der Waals surface area (Å²) in [6.07, 6.45) is 0. The zero-order valence-corrected chi connectivity index (χ0v) is 18.7. The number of aromatic nitrogens is 3.